The molecule has 1 heterocycles. The molecule has 1 fully saturated rings. The van der Waals surface area contributed by atoms with E-state index in [1.54, 1.807) is 0 Å². The number of aromatic hydroxyl groups is 1. The van der Waals surface area contributed by atoms with Gasteiger partial charge in [0.1, 0.15) is 5.75 Å². The number of phenolic OH excluding ortho intramolecular Hbond substituents is 1. The molecule has 1 aromatic rings. The van der Waals surface area contributed by atoms with E-state index in [1.807, 2.05) is 12.1 Å². The van der Waals surface area contributed by atoms with Crippen molar-refractivity contribution in [2.75, 3.05) is 26.7 Å². The largest absolute Gasteiger partial charge is 0.508 e. The Bertz CT molecular complexity index is 456. The fourth-order valence-electron chi connectivity index (χ4n) is 2.81. The lowest BCUT2D eigenvalue weighted by atomic mass is 9.96. The molecular weight excluding hydrogens is 236 g/mol. The molecule has 0 amide bonds. The molecule has 2 rings (SSSR count). The van der Waals surface area contributed by atoms with Crippen molar-refractivity contribution in [3.05, 3.63) is 29.3 Å². The first kappa shape index (κ1) is 14.4. The third kappa shape index (κ3) is 2.93. The second kappa shape index (κ2) is 5.14. The van der Waals surface area contributed by atoms with E-state index in [0.717, 1.165) is 25.2 Å². The van der Waals surface area contributed by atoms with Gasteiger partial charge in [-0.25, -0.2) is 0 Å². The summed E-state index contributed by atoms with van der Waals surface area (Å²) < 4.78 is 0. The number of phenols is 1. The van der Waals surface area contributed by atoms with E-state index in [9.17, 15) is 5.11 Å². The normalized spacial score (nSPS) is 22.4. The van der Waals surface area contributed by atoms with Crippen molar-refractivity contribution in [1.82, 2.24) is 9.80 Å². The van der Waals surface area contributed by atoms with Crippen molar-refractivity contribution >= 4 is 0 Å². The number of likely N-dealkylation sites (N-methyl/N-ethyl adjacent to an activating group) is 1. The minimum Gasteiger partial charge on any atom is -0.508 e. The van der Waals surface area contributed by atoms with Gasteiger partial charge in [0.15, 0.2) is 0 Å². The van der Waals surface area contributed by atoms with E-state index in [0.29, 0.717) is 5.75 Å². The van der Waals surface area contributed by atoms with Crippen LogP contribution in [0.3, 0.4) is 0 Å². The highest BCUT2D eigenvalue weighted by atomic mass is 16.3. The maximum atomic E-state index is 10.1. The number of aryl methyl sites for hydroxylation is 1. The summed E-state index contributed by atoms with van der Waals surface area (Å²) in [7, 11) is 2.19. The summed E-state index contributed by atoms with van der Waals surface area (Å²) >= 11 is 0. The summed E-state index contributed by atoms with van der Waals surface area (Å²) in [5.41, 5.74) is 2.43. The molecule has 1 aliphatic rings. The molecule has 1 aliphatic heterocycles. The van der Waals surface area contributed by atoms with Crippen molar-refractivity contribution in [3.63, 3.8) is 0 Å². The van der Waals surface area contributed by atoms with Gasteiger partial charge in [-0.15, -0.1) is 0 Å². The Labute approximate surface area is 116 Å². The molecule has 0 bridgehead atoms. The second-order valence-electron chi connectivity index (χ2n) is 6.44. The summed E-state index contributed by atoms with van der Waals surface area (Å²) in [6, 6.07) is 6.13. The van der Waals surface area contributed by atoms with Crippen LogP contribution < -0.4 is 0 Å². The number of hydrogen-bond acceptors (Lipinski definition) is 3. The molecule has 106 valence electrons. The number of benzene rings is 1. The fraction of sp³-hybridized carbons (Fsp3) is 0.625. The average molecular weight is 262 g/mol. The van der Waals surface area contributed by atoms with Gasteiger partial charge in [0.25, 0.3) is 0 Å². The number of rotatable bonds is 2. The molecule has 3 heteroatoms. The number of hydrogen-bond donors (Lipinski definition) is 1. The lowest BCUT2D eigenvalue weighted by molar-refractivity contribution is 0.0197. The highest BCUT2D eigenvalue weighted by Gasteiger charge is 2.33. The lowest BCUT2D eigenvalue weighted by Crippen LogP contribution is -2.57. The van der Waals surface area contributed by atoms with E-state index in [4.69, 9.17) is 0 Å². The van der Waals surface area contributed by atoms with E-state index < -0.39 is 0 Å². The van der Waals surface area contributed by atoms with Gasteiger partial charge in [-0.1, -0.05) is 17.7 Å². The highest BCUT2D eigenvalue weighted by molar-refractivity contribution is 5.37. The summed E-state index contributed by atoms with van der Waals surface area (Å²) in [5, 5.41) is 10.1. The van der Waals surface area contributed by atoms with Gasteiger partial charge >= 0.3 is 0 Å². The number of piperazine rings is 1. The predicted molar refractivity (Wildman–Crippen MR) is 79.5 cm³/mol. The predicted octanol–water partition coefficient (Wildman–Crippen LogP) is 2.79. The van der Waals surface area contributed by atoms with Gasteiger partial charge in [0, 0.05) is 36.8 Å². The van der Waals surface area contributed by atoms with Gasteiger partial charge in [-0.3, -0.25) is 9.80 Å². The summed E-state index contributed by atoms with van der Waals surface area (Å²) in [6.07, 6.45) is 0. The highest BCUT2D eigenvalue weighted by Crippen LogP contribution is 2.32. The van der Waals surface area contributed by atoms with Crippen LogP contribution in [0.4, 0.5) is 0 Å². The van der Waals surface area contributed by atoms with Crippen molar-refractivity contribution in [2.45, 2.75) is 39.3 Å². The molecule has 0 saturated carbocycles. The molecule has 0 spiro atoms. The van der Waals surface area contributed by atoms with Gasteiger partial charge in [0.05, 0.1) is 0 Å². The third-order valence-electron chi connectivity index (χ3n) is 4.53. The standard InChI is InChI=1S/C16H26N2O/c1-12-6-7-15(19)14(10-12)13(2)18-9-8-17(5)16(3,4)11-18/h6-7,10,13,19H,8-9,11H2,1-5H3. The first-order valence-electron chi connectivity index (χ1n) is 7.06. The zero-order valence-corrected chi connectivity index (χ0v) is 12.8. The molecule has 0 aliphatic carbocycles. The molecule has 19 heavy (non-hydrogen) atoms. The van der Waals surface area contributed by atoms with Crippen molar-refractivity contribution in [2.24, 2.45) is 0 Å². The van der Waals surface area contributed by atoms with Gasteiger partial charge < -0.3 is 5.11 Å². The third-order valence-corrected chi connectivity index (χ3v) is 4.53. The minimum absolute atomic E-state index is 0.186. The number of nitrogens with zero attached hydrogens (tertiary/aromatic N) is 2. The SMILES string of the molecule is Cc1ccc(O)c(C(C)N2CCN(C)C(C)(C)C2)c1. The van der Waals surface area contributed by atoms with Gasteiger partial charge in [0.2, 0.25) is 0 Å². The molecule has 1 unspecified atom stereocenters. The summed E-state index contributed by atoms with van der Waals surface area (Å²) in [5.74, 6) is 0.412. The van der Waals surface area contributed by atoms with Gasteiger partial charge in [-0.05, 0) is 40.8 Å². The van der Waals surface area contributed by atoms with Crippen LogP contribution in [0.1, 0.15) is 37.9 Å². The molecule has 0 aromatic heterocycles. The smallest absolute Gasteiger partial charge is 0.120 e. The zero-order chi connectivity index (χ0) is 14.2. The van der Waals surface area contributed by atoms with Crippen LogP contribution >= 0.6 is 0 Å². The topological polar surface area (TPSA) is 26.7 Å². The second-order valence-corrected chi connectivity index (χ2v) is 6.44. The quantitative estimate of drug-likeness (QED) is 0.888. The maximum Gasteiger partial charge on any atom is 0.120 e. The first-order valence-corrected chi connectivity index (χ1v) is 7.06. The molecular formula is C16H26N2O. The van der Waals surface area contributed by atoms with Crippen LogP contribution in [0.5, 0.6) is 5.75 Å². The van der Waals surface area contributed by atoms with Crippen LogP contribution in [0.25, 0.3) is 0 Å². The van der Waals surface area contributed by atoms with Crippen molar-refractivity contribution < 1.29 is 5.11 Å². The lowest BCUT2D eigenvalue weighted by Gasteiger charge is -2.47. The van der Waals surface area contributed by atoms with E-state index in [-0.39, 0.29) is 11.6 Å². The van der Waals surface area contributed by atoms with E-state index in [1.165, 1.54) is 5.56 Å². The summed E-state index contributed by atoms with van der Waals surface area (Å²) in [6.45, 7) is 12.0. The van der Waals surface area contributed by atoms with Crippen LogP contribution in [0, 0.1) is 6.92 Å². The Morgan fingerprint density at radius 2 is 1.95 bits per heavy atom. The Balaban J connectivity index is 2.20. The van der Waals surface area contributed by atoms with Gasteiger partial charge in [-0.2, -0.15) is 0 Å². The Kier molecular flexibility index (Phi) is 3.88. The van der Waals surface area contributed by atoms with E-state index >= 15 is 0 Å². The molecule has 1 atom stereocenters. The molecule has 3 nitrogen and oxygen atoms in total. The molecule has 1 saturated heterocycles. The maximum absolute atomic E-state index is 10.1. The van der Waals surface area contributed by atoms with Crippen LogP contribution in [-0.4, -0.2) is 47.1 Å². The van der Waals surface area contributed by atoms with E-state index in [2.05, 4.69) is 50.6 Å². The molecule has 1 aromatic carbocycles. The summed E-state index contributed by atoms with van der Waals surface area (Å²) in [4.78, 5) is 4.88. The average Bonchev–Trinajstić information content (AvgIpc) is 2.35. The van der Waals surface area contributed by atoms with Crippen LogP contribution in [0.2, 0.25) is 0 Å². The van der Waals surface area contributed by atoms with Crippen molar-refractivity contribution in [3.8, 4) is 5.75 Å². The first-order chi connectivity index (χ1) is 8.81. The van der Waals surface area contributed by atoms with Crippen molar-refractivity contribution in [1.29, 1.82) is 0 Å². The zero-order valence-electron chi connectivity index (χ0n) is 12.8. The monoisotopic (exact) mass is 262 g/mol. The fourth-order valence-corrected chi connectivity index (χ4v) is 2.81. The van der Waals surface area contributed by atoms with Crippen LogP contribution in [0.15, 0.2) is 18.2 Å². The Morgan fingerprint density at radius 1 is 1.26 bits per heavy atom. The Morgan fingerprint density at radius 3 is 2.58 bits per heavy atom. The van der Waals surface area contributed by atoms with Crippen LogP contribution in [-0.2, 0) is 0 Å². The molecule has 1 N–H and O–H groups in total. The minimum atomic E-state index is 0.186. The molecule has 0 radical (unpaired) electrons. The Hall–Kier alpha value is -1.06.